The molecule has 2 N–H and O–H groups in total. The van der Waals surface area contributed by atoms with Gasteiger partial charge in [-0.25, -0.2) is 28.7 Å². The molecule has 3 heterocycles. The van der Waals surface area contributed by atoms with E-state index in [1.807, 2.05) is 6.07 Å². The number of hydrogen-bond acceptors (Lipinski definition) is 6. The number of rotatable bonds is 5. The van der Waals surface area contributed by atoms with Gasteiger partial charge in [-0.05, 0) is 18.2 Å². The maximum Gasteiger partial charge on any atom is 0.266 e. The van der Waals surface area contributed by atoms with Gasteiger partial charge in [0.25, 0.3) is 5.56 Å². The van der Waals surface area contributed by atoms with Crippen LogP contribution >= 0.6 is 0 Å². The van der Waals surface area contributed by atoms with Crippen molar-refractivity contribution in [2.24, 2.45) is 0 Å². The summed E-state index contributed by atoms with van der Waals surface area (Å²) in [7, 11) is 0. The molecule has 0 atom stereocenters. The fraction of sp³-hybridized carbons (Fsp3) is 0.0952. The maximum atomic E-state index is 13.8. The van der Waals surface area contributed by atoms with E-state index in [-0.39, 0.29) is 10.9 Å². The summed E-state index contributed by atoms with van der Waals surface area (Å²) in [6.45, 7) is 0.368. The second kappa shape index (κ2) is 7.56. The first-order valence-corrected chi connectivity index (χ1v) is 9.46. The first-order valence-electron chi connectivity index (χ1n) is 9.46. The molecule has 0 saturated carbocycles. The van der Waals surface area contributed by atoms with E-state index in [0.29, 0.717) is 41.5 Å². The largest absolute Gasteiger partial charge is 0.368 e. The standard InChI is InChI=1S/C21H15F2N7O/c22-14-8-13-16(9-15(14)23)29-17(30(21(13)31)12-4-2-1-3-5-12)6-7-24-19-18-20(26-10-25-18)28-11-27-19/h1-5,8-11H,6-7H2,(H2,24,25,26,27,28). The molecular formula is C21H15F2N7O. The molecule has 154 valence electrons. The zero-order chi connectivity index (χ0) is 21.4. The zero-order valence-electron chi connectivity index (χ0n) is 16.0. The van der Waals surface area contributed by atoms with Gasteiger partial charge in [-0.15, -0.1) is 0 Å². The summed E-state index contributed by atoms with van der Waals surface area (Å²) in [5.41, 5.74) is 1.40. The number of anilines is 1. The van der Waals surface area contributed by atoms with Gasteiger partial charge in [0.15, 0.2) is 23.1 Å². The van der Waals surface area contributed by atoms with E-state index >= 15 is 0 Å². The van der Waals surface area contributed by atoms with E-state index in [4.69, 9.17) is 0 Å². The SMILES string of the molecule is O=c1c2cc(F)c(F)cc2nc(CCNc2ncnc3[nH]cnc23)n1-c1ccccc1. The van der Waals surface area contributed by atoms with Crippen LogP contribution < -0.4 is 10.9 Å². The second-order valence-electron chi connectivity index (χ2n) is 6.79. The number of aromatic amines is 1. The molecule has 0 aliphatic rings. The molecule has 0 spiro atoms. The summed E-state index contributed by atoms with van der Waals surface area (Å²) in [6, 6.07) is 10.7. The number of para-hydroxylation sites is 1. The molecule has 5 aromatic rings. The van der Waals surface area contributed by atoms with Gasteiger partial charge in [0.05, 0.1) is 22.9 Å². The smallest absolute Gasteiger partial charge is 0.266 e. The van der Waals surface area contributed by atoms with Crippen LogP contribution in [0.25, 0.3) is 27.8 Å². The van der Waals surface area contributed by atoms with Gasteiger partial charge in [-0.2, -0.15) is 0 Å². The van der Waals surface area contributed by atoms with Crippen LogP contribution in [0.4, 0.5) is 14.6 Å². The number of imidazole rings is 1. The number of nitrogens with zero attached hydrogens (tertiary/aromatic N) is 5. The number of fused-ring (bicyclic) bond motifs is 2. The molecule has 0 saturated heterocycles. The minimum absolute atomic E-state index is 0.00786. The fourth-order valence-corrected chi connectivity index (χ4v) is 3.42. The van der Waals surface area contributed by atoms with Crippen molar-refractivity contribution in [3.8, 4) is 5.69 Å². The molecule has 31 heavy (non-hydrogen) atoms. The summed E-state index contributed by atoms with van der Waals surface area (Å²) < 4.78 is 28.9. The summed E-state index contributed by atoms with van der Waals surface area (Å²) in [4.78, 5) is 33.0. The Morgan fingerprint density at radius 2 is 1.84 bits per heavy atom. The zero-order valence-corrected chi connectivity index (χ0v) is 16.0. The highest BCUT2D eigenvalue weighted by Gasteiger charge is 2.16. The Balaban J connectivity index is 1.55. The van der Waals surface area contributed by atoms with Gasteiger partial charge in [0.2, 0.25) is 0 Å². The number of hydrogen-bond donors (Lipinski definition) is 2. The molecular weight excluding hydrogens is 404 g/mol. The van der Waals surface area contributed by atoms with E-state index < -0.39 is 17.2 Å². The highest BCUT2D eigenvalue weighted by molar-refractivity contribution is 5.82. The number of halogens is 2. The molecule has 0 fully saturated rings. The Kier molecular flexibility index (Phi) is 4.58. The molecule has 0 aliphatic heterocycles. The van der Waals surface area contributed by atoms with Crippen molar-refractivity contribution >= 4 is 27.9 Å². The lowest BCUT2D eigenvalue weighted by atomic mass is 10.2. The van der Waals surface area contributed by atoms with Crippen molar-refractivity contribution < 1.29 is 8.78 Å². The van der Waals surface area contributed by atoms with Crippen molar-refractivity contribution in [1.29, 1.82) is 0 Å². The first-order chi connectivity index (χ1) is 15.1. The number of nitrogens with one attached hydrogen (secondary N) is 2. The highest BCUT2D eigenvalue weighted by atomic mass is 19.2. The molecule has 5 rings (SSSR count). The monoisotopic (exact) mass is 419 g/mol. The van der Waals surface area contributed by atoms with Crippen LogP contribution in [-0.2, 0) is 6.42 Å². The fourth-order valence-electron chi connectivity index (χ4n) is 3.42. The third-order valence-corrected chi connectivity index (χ3v) is 4.85. The van der Waals surface area contributed by atoms with Gasteiger partial charge in [-0.1, -0.05) is 18.2 Å². The number of H-pyrrole nitrogens is 1. The van der Waals surface area contributed by atoms with E-state index in [9.17, 15) is 13.6 Å². The minimum Gasteiger partial charge on any atom is -0.368 e. The van der Waals surface area contributed by atoms with Gasteiger partial charge in [-0.3, -0.25) is 9.36 Å². The number of aromatic nitrogens is 6. The maximum absolute atomic E-state index is 13.8. The summed E-state index contributed by atoms with van der Waals surface area (Å²) in [6.07, 6.45) is 3.25. The topological polar surface area (TPSA) is 101 Å². The van der Waals surface area contributed by atoms with Crippen LogP contribution in [0.5, 0.6) is 0 Å². The van der Waals surface area contributed by atoms with Crippen molar-refractivity contribution in [3.05, 3.63) is 82.9 Å². The Morgan fingerprint density at radius 1 is 1.03 bits per heavy atom. The molecule has 10 heteroatoms. The predicted octanol–water partition coefficient (Wildman–Crippen LogP) is 2.98. The first kappa shape index (κ1) is 18.8. The lowest BCUT2D eigenvalue weighted by molar-refractivity contribution is 0.510. The Morgan fingerprint density at radius 3 is 2.68 bits per heavy atom. The van der Waals surface area contributed by atoms with Gasteiger partial charge >= 0.3 is 0 Å². The third-order valence-electron chi connectivity index (χ3n) is 4.85. The molecule has 0 aliphatic carbocycles. The van der Waals surface area contributed by atoms with Crippen LogP contribution in [0, 0.1) is 11.6 Å². The molecule has 2 aromatic carbocycles. The van der Waals surface area contributed by atoms with E-state index in [2.05, 4.69) is 30.2 Å². The second-order valence-corrected chi connectivity index (χ2v) is 6.79. The molecule has 0 unspecified atom stereocenters. The van der Waals surface area contributed by atoms with E-state index in [0.717, 1.165) is 12.1 Å². The quantitative estimate of drug-likeness (QED) is 0.454. The van der Waals surface area contributed by atoms with Crippen molar-refractivity contribution in [3.63, 3.8) is 0 Å². The molecule has 8 nitrogen and oxygen atoms in total. The Labute approximate surface area is 173 Å². The highest BCUT2D eigenvalue weighted by Crippen LogP contribution is 2.18. The van der Waals surface area contributed by atoms with Crippen molar-refractivity contribution in [2.75, 3.05) is 11.9 Å². The summed E-state index contributed by atoms with van der Waals surface area (Å²) in [5, 5.41) is 3.17. The van der Waals surface area contributed by atoms with Crippen molar-refractivity contribution in [2.45, 2.75) is 6.42 Å². The van der Waals surface area contributed by atoms with Crippen LogP contribution in [0.1, 0.15) is 5.82 Å². The van der Waals surface area contributed by atoms with Crippen LogP contribution in [0.2, 0.25) is 0 Å². The van der Waals surface area contributed by atoms with Crippen LogP contribution in [0.15, 0.2) is 59.9 Å². The van der Waals surface area contributed by atoms with Gasteiger partial charge in [0.1, 0.15) is 17.7 Å². The lowest BCUT2D eigenvalue weighted by Crippen LogP contribution is -2.25. The van der Waals surface area contributed by atoms with Gasteiger partial charge in [0, 0.05) is 19.0 Å². The van der Waals surface area contributed by atoms with E-state index in [1.54, 1.807) is 24.3 Å². The average Bonchev–Trinajstić information content (AvgIpc) is 3.26. The summed E-state index contributed by atoms with van der Waals surface area (Å²) in [5.74, 6) is -1.21. The van der Waals surface area contributed by atoms with Gasteiger partial charge < -0.3 is 10.3 Å². The summed E-state index contributed by atoms with van der Waals surface area (Å²) >= 11 is 0. The lowest BCUT2D eigenvalue weighted by Gasteiger charge is -2.14. The van der Waals surface area contributed by atoms with Crippen LogP contribution in [0.3, 0.4) is 0 Å². The van der Waals surface area contributed by atoms with Crippen molar-refractivity contribution in [1.82, 2.24) is 29.5 Å². The molecule has 3 aromatic heterocycles. The number of benzene rings is 2. The average molecular weight is 419 g/mol. The molecule has 0 radical (unpaired) electrons. The minimum atomic E-state index is -1.09. The normalized spacial score (nSPS) is 11.3. The molecule has 0 amide bonds. The Bertz CT molecular complexity index is 1460. The van der Waals surface area contributed by atoms with E-state index in [1.165, 1.54) is 17.2 Å². The predicted molar refractivity (Wildman–Crippen MR) is 111 cm³/mol. The third kappa shape index (κ3) is 3.37. The Hall–Kier alpha value is -4.21. The molecule has 0 bridgehead atoms. The van der Waals surface area contributed by atoms with Crippen LogP contribution in [-0.4, -0.2) is 36.0 Å².